The van der Waals surface area contributed by atoms with Crippen LogP contribution in [-0.2, 0) is 0 Å². The molecule has 3 N–H and O–H groups in total. The second-order valence-electron chi connectivity index (χ2n) is 2.19. The van der Waals surface area contributed by atoms with Crippen LogP contribution in [0.25, 0.3) is 0 Å². The van der Waals surface area contributed by atoms with E-state index in [1.807, 2.05) is 6.07 Å². The monoisotopic (exact) mass is 230 g/mol. The quantitative estimate of drug-likeness (QED) is 0.355. The molecule has 1 aromatic rings. The van der Waals surface area contributed by atoms with Gasteiger partial charge in [0.15, 0.2) is 0 Å². The molecule has 0 radical (unpaired) electrons. The Balaban J connectivity index is 0.000000336. The second-order valence-corrected chi connectivity index (χ2v) is 2.58. The fourth-order valence-electron chi connectivity index (χ4n) is 0.611. The predicted molar refractivity (Wildman–Crippen MR) is 59.1 cm³/mol. The number of aromatic nitrogens is 1. The van der Waals surface area contributed by atoms with Crippen molar-refractivity contribution in [2.75, 3.05) is 12.0 Å². The molecule has 0 fully saturated rings. The third-order valence-corrected chi connectivity index (χ3v) is 1.36. The number of pyridine rings is 1. The first-order valence-electron chi connectivity index (χ1n) is 3.92. The molecule has 0 saturated heterocycles. The van der Waals surface area contributed by atoms with E-state index in [4.69, 9.17) is 27.4 Å². The van der Waals surface area contributed by atoms with E-state index in [0.717, 1.165) is 0 Å². The molecule has 0 unspecified atom stereocenters. The van der Waals surface area contributed by atoms with Crippen molar-refractivity contribution in [1.29, 1.82) is 0 Å². The highest BCUT2D eigenvalue weighted by atomic mass is 35.5. The number of anilines is 1. The Kier molecular flexibility index (Phi) is 6.86. The Bertz CT molecular complexity index is 332. The van der Waals surface area contributed by atoms with Crippen LogP contribution in [0, 0.1) is 10.1 Å². The molecule has 0 amide bonds. The molecule has 1 aromatic heterocycles. The van der Waals surface area contributed by atoms with Gasteiger partial charge in [0.05, 0.1) is 11.6 Å². The van der Waals surface area contributed by atoms with E-state index in [9.17, 15) is 0 Å². The molecule has 0 aliphatic rings. The van der Waals surface area contributed by atoms with Gasteiger partial charge in [0.1, 0.15) is 11.0 Å². The average Bonchev–Trinajstić information content (AvgIpc) is 2.19. The molecule has 0 bridgehead atoms. The zero-order valence-corrected chi connectivity index (χ0v) is 8.65. The van der Waals surface area contributed by atoms with Crippen LogP contribution in [0.1, 0.15) is 0 Å². The summed E-state index contributed by atoms with van der Waals surface area (Å²) >= 11 is 5.59. The third-order valence-electron chi connectivity index (χ3n) is 1.15. The molecule has 1 heterocycles. The average molecular weight is 231 g/mol. The fourth-order valence-corrected chi connectivity index (χ4v) is 0.775. The van der Waals surface area contributed by atoms with Gasteiger partial charge in [0.25, 0.3) is 0 Å². The molecule has 6 nitrogen and oxygen atoms in total. The lowest BCUT2D eigenvalue weighted by molar-refractivity contribution is -0.401. The lowest BCUT2D eigenvalue weighted by Gasteiger charge is -1.99. The van der Waals surface area contributed by atoms with Crippen molar-refractivity contribution in [3.63, 3.8) is 0 Å². The zero-order chi connectivity index (χ0) is 11.7. The molecular formula is C8H11ClN4O2. The highest BCUT2D eigenvalue weighted by Crippen LogP contribution is 2.07. The minimum Gasteiger partial charge on any atom is -0.358 e. The standard InChI is InChI=1S/C6H8ClN3.C2H3NO2/c7-5-2-1-3-6(10-5)9-4-8;1-2-3(4)5/h1-3H,4,8H2,(H,9,10);2H,1H2. The Morgan fingerprint density at radius 2 is 2.33 bits per heavy atom. The summed E-state index contributed by atoms with van der Waals surface area (Å²) in [7, 11) is 0. The normalized spacial score (nSPS) is 8.40. The van der Waals surface area contributed by atoms with Crippen LogP contribution in [0.2, 0.25) is 5.15 Å². The van der Waals surface area contributed by atoms with Gasteiger partial charge in [0.2, 0.25) is 6.20 Å². The lowest BCUT2D eigenvalue weighted by Crippen LogP contribution is -2.11. The van der Waals surface area contributed by atoms with Crippen molar-refractivity contribution in [1.82, 2.24) is 4.98 Å². The Morgan fingerprint density at radius 1 is 1.73 bits per heavy atom. The summed E-state index contributed by atoms with van der Waals surface area (Å²) in [5, 5.41) is 12.4. The van der Waals surface area contributed by atoms with Gasteiger partial charge in [-0.05, 0) is 18.7 Å². The van der Waals surface area contributed by atoms with E-state index in [-0.39, 0.29) is 0 Å². The third kappa shape index (κ3) is 7.41. The first kappa shape index (κ1) is 13.3. The van der Waals surface area contributed by atoms with E-state index in [1.54, 1.807) is 12.1 Å². The summed E-state index contributed by atoms with van der Waals surface area (Å²) in [4.78, 5) is 12.4. The molecular weight excluding hydrogens is 220 g/mol. The molecule has 0 aromatic carbocycles. The van der Waals surface area contributed by atoms with E-state index < -0.39 is 4.92 Å². The van der Waals surface area contributed by atoms with Crippen LogP contribution < -0.4 is 11.1 Å². The minimum atomic E-state index is -0.611. The number of halogens is 1. The second kappa shape index (κ2) is 7.72. The molecule has 0 saturated carbocycles. The van der Waals surface area contributed by atoms with Gasteiger partial charge >= 0.3 is 0 Å². The maximum absolute atomic E-state index is 9.06. The molecule has 15 heavy (non-hydrogen) atoms. The van der Waals surface area contributed by atoms with E-state index >= 15 is 0 Å². The summed E-state index contributed by atoms with van der Waals surface area (Å²) in [5.41, 5.74) is 5.22. The largest absolute Gasteiger partial charge is 0.358 e. The van der Waals surface area contributed by atoms with Crippen molar-refractivity contribution in [3.8, 4) is 0 Å². The number of nitrogens with zero attached hydrogens (tertiary/aromatic N) is 2. The summed E-state index contributed by atoms with van der Waals surface area (Å²) in [6.07, 6.45) is 0.639. The molecule has 82 valence electrons. The SMILES string of the molecule is C=C[N+](=O)[O-].NCNc1cccc(Cl)n1. The first-order valence-corrected chi connectivity index (χ1v) is 4.30. The summed E-state index contributed by atoms with van der Waals surface area (Å²) in [5.74, 6) is 0.704. The van der Waals surface area contributed by atoms with Crippen LogP contribution in [0.15, 0.2) is 31.0 Å². The molecule has 0 aliphatic carbocycles. The summed E-state index contributed by atoms with van der Waals surface area (Å²) in [6.45, 7) is 3.23. The van der Waals surface area contributed by atoms with Gasteiger partial charge in [-0.15, -0.1) is 0 Å². The topological polar surface area (TPSA) is 94.1 Å². The molecule has 1 rings (SSSR count). The van der Waals surface area contributed by atoms with Crippen LogP contribution in [-0.4, -0.2) is 16.6 Å². The van der Waals surface area contributed by atoms with Crippen molar-refractivity contribution >= 4 is 17.4 Å². The van der Waals surface area contributed by atoms with Crippen LogP contribution in [0.5, 0.6) is 0 Å². The maximum atomic E-state index is 9.06. The number of hydrogen-bond donors (Lipinski definition) is 2. The van der Waals surface area contributed by atoms with Gasteiger partial charge in [-0.2, -0.15) is 0 Å². The van der Waals surface area contributed by atoms with Crippen molar-refractivity contribution in [3.05, 3.63) is 46.2 Å². The minimum absolute atomic E-state index is 0.368. The highest BCUT2D eigenvalue weighted by molar-refractivity contribution is 6.29. The van der Waals surface area contributed by atoms with Crippen LogP contribution in [0.4, 0.5) is 5.82 Å². The van der Waals surface area contributed by atoms with E-state index in [1.165, 1.54) is 0 Å². The van der Waals surface area contributed by atoms with Crippen LogP contribution in [0.3, 0.4) is 0 Å². The van der Waals surface area contributed by atoms with E-state index in [0.29, 0.717) is 23.8 Å². The number of hydrogen-bond acceptors (Lipinski definition) is 5. The Labute approximate surface area is 91.9 Å². The maximum Gasteiger partial charge on any atom is 0.227 e. The first-order chi connectivity index (χ1) is 7.10. The molecule has 0 spiro atoms. The van der Waals surface area contributed by atoms with Gasteiger partial charge < -0.3 is 11.1 Å². The van der Waals surface area contributed by atoms with Gasteiger partial charge in [-0.1, -0.05) is 17.7 Å². The number of nitro groups is 1. The highest BCUT2D eigenvalue weighted by Gasteiger charge is 1.90. The van der Waals surface area contributed by atoms with Crippen molar-refractivity contribution < 1.29 is 4.92 Å². The Morgan fingerprint density at radius 3 is 2.73 bits per heavy atom. The fraction of sp³-hybridized carbons (Fsp3) is 0.125. The summed E-state index contributed by atoms with van der Waals surface area (Å²) in [6, 6.07) is 5.33. The predicted octanol–water partition coefficient (Wildman–Crippen LogP) is 1.47. The zero-order valence-electron chi connectivity index (χ0n) is 7.89. The summed E-state index contributed by atoms with van der Waals surface area (Å²) < 4.78 is 0. The molecule has 0 aliphatic heterocycles. The number of nitrogens with one attached hydrogen (secondary N) is 1. The smallest absolute Gasteiger partial charge is 0.227 e. The molecule has 0 atom stereocenters. The van der Waals surface area contributed by atoms with Crippen LogP contribution >= 0.6 is 11.6 Å². The lowest BCUT2D eigenvalue weighted by atomic mass is 10.5. The van der Waals surface area contributed by atoms with E-state index in [2.05, 4.69) is 16.9 Å². The van der Waals surface area contributed by atoms with Crippen molar-refractivity contribution in [2.24, 2.45) is 5.73 Å². The molecule has 7 heteroatoms. The van der Waals surface area contributed by atoms with Gasteiger partial charge in [-0.25, -0.2) is 4.98 Å². The Hall–Kier alpha value is -1.66. The van der Waals surface area contributed by atoms with Gasteiger partial charge in [0, 0.05) is 0 Å². The number of rotatable bonds is 3. The van der Waals surface area contributed by atoms with Gasteiger partial charge in [-0.3, -0.25) is 10.1 Å². The van der Waals surface area contributed by atoms with Crippen molar-refractivity contribution in [2.45, 2.75) is 0 Å². The number of nitrogens with two attached hydrogens (primary N) is 1.